The molecule has 0 saturated heterocycles. The lowest BCUT2D eigenvalue weighted by Gasteiger charge is -2.12. The second kappa shape index (κ2) is 5.38. The molecule has 0 spiro atoms. The molecule has 2 rings (SSSR count). The van der Waals surface area contributed by atoms with Crippen LogP contribution in [0.3, 0.4) is 0 Å². The van der Waals surface area contributed by atoms with Crippen LogP contribution in [0.25, 0.3) is 0 Å². The first-order chi connectivity index (χ1) is 8.97. The third kappa shape index (κ3) is 3.10. The van der Waals surface area contributed by atoms with E-state index < -0.39 is 6.04 Å². The van der Waals surface area contributed by atoms with Crippen LogP contribution < -0.4 is 11.1 Å². The summed E-state index contributed by atoms with van der Waals surface area (Å²) in [5.41, 5.74) is 7.75. The number of aryl methyl sites for hydroxylation is 2. The summed E-state index contributed by atoms with van der Waals surface area (Å²) in [7, 11) is 1.77. The molecule has 0 fully saturated rings. The van der Waals surface area contributed by atoms with E-state index in [1.165, 1.54) is 0 Å². The summed E-state index contributed by atoms with van der Waals surface area (Å²) in [5.74, 6) is -0.319. The monoisotopic (exact) mass is 279 g/mol. The zero-order valence-electron chi connectivity index (χ0n) is 10.6. The van der Waals surface area contributed by atoms with E-state index >= 15 is 0 Å². The summed E-state index contributed by atoms with van der Waals surface area (Å²) in [4.78, 5) is 16.1. The molecular weight excluding hydrogens is 266 g/mol. The normalized spacial score (nSPS) is 12.2. The lowest BCUT2D eigenvalue weighted by molar-refractivity contribution is -0.117. The molecular formula is C12H14ClN5O. The number of carbonyl (C=O) groups is 1. The summed E-state index contributed by atoms with van der Waals surface area (Å²) in [6, 6.07) is 2.53. The Morgan fingerprint density at radius 2 is 2.26 bits per heavy atom. The van der Waals surface area contributed by atoms with Crippen LogP contribution in [-0.2, 0) is 11.8 Å². The van der Waals surface area contributed by atoms with E-state index in [1.54, 1.807) is 43.2 Å². The lowest BCUT2D eigenvalue weighted by Crippen LogP contribution is -2.27. The predicted molar refractivity (Wildman–Crippen MR) is 72.8 cm³/mol. The molecule has 1 unspecified atom stereocenters. The van der Waals surface area contributed by atoms with Crippen molar-refractivity contribution in [1.29, 1.82) is 0 Å². The molecule has 0 aliphatic heterocycles. The van der Waals surface area contributed by atoms with E-state index in [4.69, 9.17) is 17.3 Å². The topological polar surface area (TPSA) is 85.8 Å². The van der Waals surface area contributed by atoms with Crippen LogP contribution in [-0.4, -0.2) is 20.7 Å². The van der Waals surface area contributed by atoms with Crippen LogP contribution in [0.15, 0.2) is 24.5 Å². The van der Waals surface area contributed by atoms with Crippen molar-refractivity contribution >= 4 is 23.2 Å². The Labute approximate surface area is 115 Å². The standard InChI is InChI=1S/C12H14ClN5O/c1-7-9(3-4-10(13)16-7)17-12(19)11(14)8-5-15-18(2)6-8/h3-6,11H,14H2,1-2H3,(H,17,19). The largest absolute Gasteiger partial charge is 0.323 e. The van der Waals surface area contributed by atoms with Gasteiger partial charge in [0.25, 0.3) is 0 Å². The minimum atomic E-state index is -0.774. The minimum absolute atomic E-state index is 0.319. The van der Waals surface area contributed by atoms with Crippen molar-refractivity contribution in [2.75, 3.05) is 5.32 Å². The van der Waals surface area contributed by atoms with Gasteiger partial charge in [0, 0.05) is 18.8 Å². The molecule has 3 N–H and O–H groups in total. The van der Waals surface area contributed by atoms with Gasteiger partial charge in [0.1, 0.15) is 11.2 Å². The summed E-state index contributed by atoms with van der Waals surface area (Å²) < 4.78 is 1.59. The molecule has 0 aromatic carbocycles. The lowest BCUT2D eigenvalue weighted by atomic mass is 10.1. The van der Waals surface area contributed by atoms with Gasteiger partial charge in [0.05, 0.1) is 17.6 Å². The SMILES string of the molecule is Cc1nc(Cl)ccc1NC(=O)C(N)c1cnn(C)c1. The number of carbonyl (C=O) groups excluding carboxylic acids is 1. The zero-order chi connectivity index (χ0) is 14.0. The van der Waals surface area contributed by atoms with Gasteiger partial charge in [-0.3, -0.25) is 9.48 Å². The van der Waals surface area contributed by atoms with Crippen molar-refractivity contribution in [2.24, 2.45) is 12.8 Å². The number of hydrogen-bond acceptors (Lipinski definition) is 4. The third-order valence-electron chi connectivity index (χ3n) is 2.68. The number of nitrogens with two attached hydrogens (primary N) is 1. The van der Waals surface area contributed by atoms with Crippen molar-refractivity contribution in [2.45, 2.75) is 13.0 Å². The van der Waals surface area contributed by atoms with Crippen LogP contribution in [0.4, 0.5) is 5.69 Å². The quantitative estimate of drug-likeness (QED) is 0.832. The molecule has 0 saturated carbocycles. The van der Waals surface area contributed by atoms with E-state index in [1.807, 2.05) is 0 Å². The fourth-order valence-corrected chi connectivity index (χ4v) is 1.81. The van der Waals surface area contributed by atoms with Crippen molar-refractivity contribution in [3.8, 4) is 0 Å². The Kier molecular flexibility index (Phi) is 3.82. The molecule has 7 heteroatoms. The Balaban J connectivity index is 2.12. The van der Waals surface area contributed by atoms with Crippen molar-refractivity contribution in [1.82, 2.24) is 14.8 Å². The number of nitrogens with one attached hydrogen (secondary N) is 1. The highest BCUT2D eigenvalue weighted by Crippen LogP contribution is 2.18. The molecule has 100 valence electrons. The average molecular weight is 280 g/mol. The summed E-state index contributed by atoms with van der Waals surface area (Å²) in [6.45, 7) is 1.76. The van der Waals surface area contributed by atoms with Crippen molar-refractivity contribution in [3.05, 3.63) is 40.9 Å². The van der Waals surface area contributed by atoms with Crippen LogP contribution in [0.2, 0.25) is 5.15 Å². The van der Waals surface area contributed by atoms with Gasteiger partial charge >= 0.3 is 0 Å². The van der Waals surface area contributed by atoms with Gasteiger partial charge in [-0.2, -0.15) is 5.10 Å². The molecule has 0 bridgehead atoms. The molecule has 0 aliphatic carbocycles. The maximum Gasteiger partial charge on any atom is 0.246 e. The van der Waals surface area contributed by atoms with Crippen molar-refractivity contribution < 1.29 is 4.79 Å². The molecule has 2 aromatic heterocycles. The number of rotatable bonds is 3. The Hall–Kier alpha value is -1.92. The average Bonchev–Trinajstić information content (AvgIpc) is 2.78. The van der Waals surface area contributed by atoms with Crippen LogP contribution in [0.5, 0.6) is 0 Å². The second-order valence-corrected chi connectivity index (χ2v) is 4.57. The summed E-state index contributed by atoms with van der Waals surface area (Å²) in [5, 5.41) is 7.09. The summed E-state index contributed by atoms with van der Waals surface area (Å²) in [6.07, 6.45) is 3.27. The number of halogens is 1. The first-order valence-electron chi connectivity index (χ1n) is 5.65. The zero-order valence-corrected chi connectivity index (χ0v) is 11.3. The first-order valence-corrected chi connectivity index (χ1v) is 6.03. The molecule has 6 nitrogen and oxygen atoms in total. The Morgan fingerprint density at radius 3 is 2.84 bits per heavy atom. The molecule has 1 amide bonds. The van der Waals surface area contributed by atoms with Crippen molar-refractivity contribution in [3.63, 3.8) is 0 Å². The Morgan fingerprint density at radius 1 is 1.53 bits per heavy atom. The fourth-order valence-electron chi connectivity index (χ4n) is 1.63. The van der Waals surface area contributed by atoms with E-state index in [-0.39, 0.29) is 5.91 Å². The van der Waals surface area contributed by atoms with Crippen LogP contribution in [0, 0.1) is 6.92 Å². The molecule has 0 radical (unpaired) electrons. The van der Waals surface area contributed by atoms with Gasteiger partial charge in [-0.15, -0.1) is 0 Å². The Bertz CT molecular complexity index is 610. The number of pyridine rings is 1. The van der Waals surface area contributed by atoms with Gasteiger partial charge in [-0.25, -0.2) is 4.98 Å². The maximum absolute atomic E-state index is 12.0. The molecule has 0 aliphatic rings. The molecule has 1 atom stereocenters. The van der Waals surface area contributed by atoms with Gasteiger partial charge in [-0.05, 0) is 19.1 Å². The number of anilines is 1. The summed E-state index contributed by atoms with van der Waals surface area (Å²) >= 11 is 5.76. The van der Waals surface area contributed by atoms with Crippen LogP contribution in [0.1, 0.15) is 17.3 Å². The maximum atomic E-state index is 12.0. The predicted octanol–water partition coefficient (Wildman–Crippen LogP) is 1.42. The van der Waals surface area contributed by atoms with E-state index in [0.717, 1.165) is 0 Å². The smallest absolute Gasteiger partial charge is 0.246 e. The van der Waals surface area contributed by atoms with E-state index in [2.05, 4.69) is 15.4 Å². The van der Waals surface area contributed by atoms with E-state index in [9.17, 15) is 4.79 Å². The fraction of sp³-hybridized carbons (Fsp3) is 0.250. The first kappa shape index (κ1) is 13.5. The highest BCUT2D eigenvalue weighted by molar-refractivity contribution is 6.29. The second-order valence-electron chi connectivity index (χ2n) is 4.18. The van der Waals surface area contributed by atoms with E-state index in [0.29, 0.717) is 22.1 Å². The number of aromatic nitrogens is 3. The number of amides is 1. The highest BCUT2D eigenvalue weighted by Gasteiger charge is 2.18. The third-order valence-corrected chi connectivity index (χ3v) is 2.89. The van der Waals surface area contributed by atoms with Crippen LogP contribution >= 0.6 is 11.6 Å². The van der Waals surface area contributed by atoms with Gasteiger partial charge in [0.2, 0.25) is 5.91 Å². The molecule has 19 heavy (non-hydrogen) atoms. The van der Waals surface area contributed by atoms with Gasteiger partial charge < -0.3 is 11.1 Å². The van der Waals surface area contributed by atoms with Gasteiger partial charge in [-0.1, -0.05) is 11.6 Å². The number of nitrogens with zero attached hydrogens (tertiary/aromatic N) is 3. The highest BCUT2D eigenvalue weighted by atomic mass is 35.5. The minimum Gasteiger partial charge on any atom is -0.323 e. The van der Waals surface area contributed by atoms with Gasteiger partial charge in [0.15, 0.2) is 0 Å². The molecule has 2 heterocycles. The number of hydrogen-bond donors (Lipinski definition) is 2. The molecule has 2 aromatic rings.